The number of aliphatic hydroxyl groups is 1. The number of urea groups is 1. The summed E-state index contributed by atoms with van der Waals surface area (Å²) in [5, 5.41) is 12.2. The maximum absolute atomic E-state index is 12.4. The number of nitrogens with zero attached hydrogens (tertiary/aromatic N) is 1. The Morgan fingerprint density at radius 2 is 1.67 bits per heavy atom. The molecule has 21 heavy (non-hydrogen) atoms. The van der Waals surface area contributed by atoms with Gasteiger partial charge in [0.05, 0.1) is 12.6 Å². The van der Waals surface area contributed by atoms with Gasteiger partial charge in [0, 0.05) is 12.2 Å². The molecule has 0 aliphatic heterocycles. The van der Waals surface area contributed by atoms with E-state index in [4.69, 9.17) is 0 Å². The Labute approximate surface area is 125 Å². The predicted octanol–water partition coefficient (Wildman–Crippen LogP) is 3.10. The lowest BCUT2D eigenvalue weighted by atomic mass is 10.2. The minimum Gasteiger partial charge on any atom is -0.394 e. The van der Waals surface area contributed by atoms with Crippen LogP contribution in [0.5, 0.6) is 0 Å². The van der Waals surface area contributed by atoms with Gasteiger partial charge in [-0.1, -0.05) is 48.5 Å². The second-order valence-electron chi connectivity index (χ2n) is 4.94. The van der Waals surface area contributed by atoms with E-state index in [1.54, 1.807) is 4.90 Å². The SMILES string of the molecule is C[C@H](CO)N(Cc1ccccc1)C(=O)Nc1ccccc1. The molecule has 2 aromatic rings. The Hall–Kier alpha value is -2.33. The van der Waals surface area contributed by atoms with Crippen LogP contribution in [-0.2, 0) is 6.54 Å². The van der Waals surface area contributed by atoms with Crippen LogP contribution in [0.25, 0.3) is 0 Å². The molecular weight excluding hydrogens is 264 g/mol. The van der Waals surface area contributed by atoms with Crippen LogP contribution < -0.4 is 5.32 Å². The molecule has 2 rings (SSSR count). The lowest BCUT2D eigenvalue weighted by molar-refractivity contribution is 0.146. The van der Waals surface area contributed by atoms with Gasteiger partial charge in [-0.25, -0.2) is 4.79 Å². The number of carbonyl (C=O) groups is 1. The van der Waals surface area contributed by atoms with Crippen molar-refractivity contribution >= 4 is 11.7 Å². The summed E-state index contributed by atoms with van der Waals surface area (Å²) >= 11 is 0. The molecule has 1 atom stereocenters. The van der Waals surface area contributed by atoms with Gasteiger partial charge in [-0.05, 0) is 24.6 Å². The molecule has 0 aliphatic carbocycles. The minimum atomic E-state index is -0.256. The first-order valence-corrected chi connectivity index (χ1v) is 6.98. The molecule has 0 radical (unpaired) electrons. The highest BCUT2D eigenvalue weighted by Gasteiger charge is 2.19. The molecule has 2 amide bonds. The van der Waals surface area contributed by atoms with Crippen molar-refractivity contribution in [1.82, 2.24) is 4.90 Å². The van der Waals surface area contributed by atoms with E-state index < -0.39 is 0 Å². The van der Waals surface area contributed by atoms with Gasteiger partial charge in [-0.2, -0.15) is 0 Å². The summed E-state index contributed by atoms with van der Waals surface area (Å²) in [6.45, 7) is 2.21. The van der Waals surface area contributed by atoms with Crippen LogP contribution in [0.4, 0.5) is 10.5 Å². The predicted molar refractivity (Wildman–Crippen MR) is 84.0 cm³/mol. The average molecular weight is 284 g/mol. The first-order chi connectivity index (χ1) is 10.2. The number of aliphatic hydroxyl groups excluding tert-OH is 1. The third-order valence-corrected chi connectivity index (χ3v) is 3.28. The summed E-state index contributed by atoms with van der Waals surface area (Å²) in [4.78, 5) is 14.0. The Morgan fingerprint density at radius 1 is 1.10 bits per heavy atom. The molecule has 0 aliphatic rings. The van der Waals surface area contributed by atoms with Crippen molar-refractivity contribution < 1.29 is 9.90 Å². The van der Waals surface area contributed by atoms with Crippen molar-refractivity contribution in [2.45, 2.75) is 19.5 Å². The van der Waals surface area contributed by atoms with Gasteiger partial charge in [0.2, 0.25) is 0 Å². The normalized spacial score (nSPS) is 11.7. The van der Waals surface area contributed by atoms with Gasteiger partial charge in [0.15, 0.2) is 0 Å². The van der Waals surface area contributed by atoms with Crippen molar-refractivity contribution in [3.8, 4) is 0 Å². The molecule has 0 bridgehead atoms. The molecule has 0 fully saturated rings. The molecule has 0 heterocycles. The fraction of sp³-hybridized carbons (Fsp3) is 0.235. The van der Waals surface area contributed by atoms with Crippen molar-refractivity contribution in [2.24, 2.45) is 0 Å². The highest BCUT2D eigenvalue weighted by Crippen LogP contribution is 2.12. The van der Waals surface area contributed by atoms with E-state index in [1.807, 2.05) is 67.6 Å². The molecule has 0 saturated carbocycles. The van der Waals surface area contributed by atoms with Gasteiger partial charge in [-0.3, -0.25) is 0 Å². The summed E-state index contributed by atoms with van der Waals surface area (Å²) in [5.41, 5.74) is 1.77. The summed E-state index contributed by atoms with van der Waals surface area (Å²) in [5.74, 6) is 0. The first kappa shape index (κ1) is 15.1. The third kappa shape index (κ3) is 4.33. The summed E-state index contributed by atoms with van der Waals surface area (Å²) in [6, 6.07) is 18.6. The van der Waals surface area contributed by atoms with Crippen molar-refractivity contribution in [3.05, 3.63) is 66.2 Å². The number of nitrogens with one attached hydrogen (secondary N) is 1. The topological polar surface area (TPSA) is 52.6 Å². The Bertz CT molecular complexity index is 558. The zero-order valence-corrected chi connectivity index (χ0v) is 12.1. The van der Waals surface area contributed by atoms with E-state index in [-0.39, 0.29) is 18.7 Å². The van der Waals surface area contributed by atoms with Crippen LogP contribution in [0.15, 0.2) is 60.7 Å². The largest absolute Gasteiger partial charge is 0.394 e. The average Bonchev–Trinajstić information content (AvgIpc) is 2.53. The molecule has 0 aromatic heterocycles. The van der Waals surface area contributed by atoms with Crippen molar-refractivity contribution in [2.75, 3.05) is 11.9 Å². The van der Waals surface area contributed by atoms with E-state index in [0.29, 0.717) is 6.54 Å². The first-order valence-electron chi connectivity index (χ1n) is 6.98. The number of para-hydroxylation sites is 1. The van der Waals surface area contributed by atoms with Crippen LogP contribution >= 0.6 is 0 Å². The van der Waals surface area contributed by atoms with Crippen LogP contribution in [0.2, 0.25) is 0 Å². The minimum absolute atomic E-state index is 0.0744. The van der Waals surface area contributed by atoms with Crippen molar-refractivity contribution in [3.63, 3.8) is 0 Å². The summed E-state index contributed by atoms with van der Waals surface area (Å²) in [7, 11) is 0. The Morgan fingerprint density at radius 3 is 2.24 bits per heavy atom. The summed E-state index contributed by atoms with van der Waals surface area (Å²) < 4.78 is 0. The lowest BCUT2D eigenvalue weighted by Crippen LogP contribution is -2.42. The second-order valence-corrected chi connectivity index (χ2v) is 4.94. The number of amides is 2. The van der Waals surface area contributed by atoms with Gasteiger partial charge in [-0.15, -0.1) is 0 Å². The van der Waals surface area contributed by atoms with Crippen LogP contribution in [-0.4, -0.2) is 28.7 Å². The zero-order chi connectivity index (χ0) is 15.1. The van der Waals surface area contributed by atoms with Gasteiger partial charge >= 0.3 is 6.03 Å². The molecular formula is C17H20N2O2. The third-order valence-electron chi connectivity index (χ3n) is 3.28. The van der Waals surface area contributed by atoms with E-state index in [1.165, 1.54) is 0 Å². The maximum Gasteiger partial charge on any atom is 0.322 e. The number of benzene rings is 2. The number of carbonyl (C=O) groups excluding carboxylic acids is 1. The van der Waals surface area contributed by atoms with E-state index in [9.17, 15) is 9.90 Å². The highest BCUT2D eigenvalue weighted by molar-refractivity contribution is 5.89. The van der Waals surface area contributed by atoms with Gasteiger partial charge in [0.1, 0.15) is 0 Å². The smallest absolute Gasteiger partial charge is 0.322 e. The monoisotopic (exact) mass is 284 g/mol. The quantitative estimate of drug-likeness (QED) is 0.886. The van der Waals surface area contributed by atoms with Crippen LogP contribution in [0.1, 0.15) is 12.5 Å². The van der Waals surface area contributed by atoms with E-state index in [0.717, 1.165) is 11.3 Å². The summed E-state index contributed by atoms with van der Waals surface area (Å²) in [6.07, 6.45) is 0. The number of hydrogen-bond donors (Lipinski definition) is 2. The van der Waals surface area contributed by atoms with Crippen molar-refractivity contribution in [1.29, 1.82) is 0 Å². The number of anilines is 1. The van der Waals surface area contributed by atoms with Crippen LogP contribution in [0.3, 0.4) is 0 Å². The van der Waals surface area contributed by atoms with Gasteiger partial charge < -0.3 is 15.3 Å². The van der Waals surface area contributed by atoms with E-state index >= 15 is 0 Å². The fourth-order valence-electron chi connectivity index (χ4n) is 2.02. The Balaban J connectivity index is 2.10. The van der Waals surface area contributed by atoms with E-state index in [2.05, 4.69) is 5.32 Å². The van der Waals surface area contributed by atoms with Gasteiger partial charge in [0.25, 0.3) is 0 Å². The molecule has 0 unspecified atom stereocenters. The number of rotatable bonds is 5. The molecule has 4 heteroatoms. The lowest BCUT2D eigenvalue weighted by Gasteiger charge is -2.28. The molecule has 0 saturated heterocycles. The molecule has 0 spiro atoms. The maximum atomic E-state index is 12.4. The molecule has 2 N–H and O–H groups in total. The Kier molecular flexibility index (Phi) is 5.35. The molecule has 110 valence electrons. The standard InChI is InChI=1S/C17H20N2O2/c1-14(13-20)19(12-15-8-4-2-5-9-15)17(21)18-16-10-6-3-7-11-16/h2-11,14,20H,12-13H2,1H3,(H,18,21)/t14-/m1/s1. The molecule has 2 aromatic carbocycles. The fourth-order valence-corrected chi connectivity index (χ4v) is 2.02. The number of hydrogen-bond acceptors (Lipinski definition) is 2. The zero-order valence-electron chi connectivity index (χ0n) is 12.1. The highest BCUT2D eigenvalue weighted by atomic mass is 16.3. The molecule has 4 nitrogen and oxygen atoms in total. The van der Waals surface area contributed by atoms with Crippen LogP contribution in [0, 0.1) is 0 Å². The second kappa shape index (κ2) is 7.45.